The van der Waals surface area contributed by atoms with Crippen molar-refractivity contribution in [3.8, 4) is 0 Å². The molecule has 1 saturated carbocycles. The molecule has 8 heteroatoms. The van der Waals surface area contributed by atoms with E-state index in [1.165, 1.54) is 5.56 Å². The first-order valence-corrected chi connectivity index (χ1v) is 10.2. The van der Waals surface area contributed by atoms with E-state index in [1.807, 2.05) is 27.9 Å². The van der Waals surface area contributed by atoms with Gasteiger partial charge in [-0.15, -0.1) is 17.5 Å². The number of hydrogen-bond donors (Lipinski definition) is 1. The standard InChI is InChI=1S/C20H26ClN5O.ClH/c21-16-3-1-14(2-4-16)11-15-9-10-25(12-15)20(27)19-13-26(24-23-19)18-7-5-17(22)6-8-18;/h1-4,13,15,17-18H,5-12,22H2;1H. The van der Waals surface area contributed by atoms with Crippen LogP contribution in [-0.4, -0.2) is 44.9 Å². The van der Waals surface area contributed by atoms with Crippen LogP contribution < -0.4 is 5.73 Å². The maximum absolute atomic E-state index is 12.8. The van der Waals surface area contributed by atoms with Crippen molar-refractivity contribution in [2.45, 2.75) is 50.6 Å². The molecule has 1 aliphatic heterocycles. The molecule has 0 bridgehead atoms. The highest BCUT2D eigenvalue weighted by Gasteiger charge is 2.29. The minimum Gasteiger partial charge on any atom is -0.337 e. The van der Waals surface area contributed by atoms with Crippen LogP contribution in [0.3, 0.4) is 0 Å². The largest absolute Gasteiger partial charge is 0.337 e. The van der Waals surface area contributed by atoms with E-state index in [0.717, 1.165) is 56.6 Å². The van der Waals surface area contributed by atoms with E-state index < -0.39 is 0 Å². The second kappa shape index (κ2) is 9.25. The third-order valence-corrected chi connectivity index (χ3v) is 6.11. The second-order valence-electron chi connectivity index (χ2n) is 7.89. The van der Waals surface area contributed by atoms with Crippen LogP contribution in [0, 0.1) is 5.92 Å². The van der Waals surface area contributed by atoms with Crippen LogP contribution in [0.4, 0.5) is 0 Å². The van der Waals surface area contributed by atoms with Crippen molar-refractivity contribution in [3.05, 3.63) is 46.7 Å². The zero-order valence-electron chi connectivity index (χ0n) is 15.8. The third-order valence-electron chi connectivity index (χ3n) is 5.86. The van der Waals surface area contributed by atoms with Gasteiger partial charge in [-0.25, -0.2) is 4.68 Å². The lowest BCUT2D eigenvalue weighted by molar-refractivity contribution is 0.0781. The Morgan fingerprint density at radius 2 is 1.86 bits per heavy atom. The predicted octanol–water partition coefficient (Wildman–Crippen LogP) is 3.50. The summed E-state index contributed by atoms with van der Waals surface area (Å²) in [7, 11) is 0. The van der Waals surface area contributed by atoms with Gasteiger partial charge in [0.05, 0.1) is 12.2 Å². The van der Waals surface area contributed by atoms with Gasteiger partial charge in [0, 0.05) is 24.2 Å². The lowest BCUT2D eigenvalue weighted by Gasteiger charge is -2.25. The van der Waals surface area contributed by atoms with Gasteiger partial charge in [0.1, 0.15) is 0 Å². The van der Waals surface area contributed by atoms with Crippen LogP contribution in [0.5, 0.6) is 0 Å². The van der Waals surface area contributed by atoms with Crippen LogP contribution >= 0.6 is 24.0 Å². The number of carbonyl (C=O) groups is 1. The van der Waals surface area contributed by atoms with Gasteiger partial charge >= 0.3 is 0 Å². The fourth-order valence-corrected chi connectivity index (χ4v) is 4.34. The van der Waals surface area contributed by atoms with Gasteiger partial charge in [-0.1, -0.05) is 28.9 Å². The van der Waals surface area contributed by atoms with Gasteiger partial charge < -0.3 is 10.6 Å². The molecule has 1 aliphatic carbocycles. The van der Waals surface area contributed by atoms with E-state index in [2.05, 4.69) is 22.4 Å². The van der Waals surface area contributed by atoms with Crippen molar-refractivity contribution in [1.82, 2.24) is 19.9 Å². The van der Waals surface area contributed by atoms with Gasteiger partial charge in [-0.05, 0) is 62.1 Å². The Morgan fingerprint density at radius 3 is 2.57 bits per heavy atom. The first kappa shape index (κ1) is 21.1. The maximum atomic E-state index is 12.8. The molecule has 2 fully saturated rings. The van der Waals surface area contributed by atoms with Gasteiger partial charge in [0.15, 0.2) is 5.69 Å². The van der Waals surface area contributed by atoms with E-state index in [-0.39, 0.29) is 18.3 Å². The Kier molecular flexibility index (Phi) is 6.96. The van der Waals surface area contributed by atoms with E-state index in [9.17, 15) is 4.79 Å². The number of halogens is 2. The molecule has 1 aromatic heterocycles. The lowest BCUT2D eigenvalue weighted by Crippen LogP contribution is -2.29. The zero-order chi connectivity index (χ0) is 18.8. The second-order valence-corrected chi connectivity index (χ2v) is 8.33. The van der Waals surface area contributed by atoms with Crippen LogP contribution in [0.1, 0.15) is 54.2 Å². The molecule has 6 nitrogen and oxygen atoms in total. The number of rotatable bonds is 4. The van der Waals surface area contributed by atoms with E-state index >= 15 is 0 Å². The van der Waals surface area contributed by atoms with E-state index in [0.29, 0.717) is 23.7 Å². The molecule has 0 radical (unpaired) electrons. The highest BCUT2D eigenvalue weighted by atomic mass is 35.5. The summed E-state index contributed by atoms with van der Waals surface area (Å²) >= 11 is 5.95. The molecule has 1 atom stereocenters. The average Bonchev–Trinajstić information content (AvgIpc) is 3.34. The molecule has 1 saturated heterocycles. The van der Waals surface area contributed by atoms with Crippen LogP contribution in [0.2, 0.25) is 5.02 Å². The summed E-state index contributed by atoms with van der Waals surface area (Å²) in [6.45, 7) is 1.55. The zero-order valence-corrected chi connectivity index (χ0v) is 17.4. The average molecular weight is 424 g/mol. The summed E-state index contributed by atoms with van der Waals surface area (Å²) in [5.41, 5.74) is 7.69. The van der Waals surface area contributed by atoms with Crippen molar-refractivity contribution in [1.29, 1.82) is 0 Å². The summed E-state index contributed by atoms with van der Waals surface area (Å²) in [6, 6.07) is 8.59. The number of aromatic nitrogens is 3. The Morgan fingerprint density at radius 1 is 1.14 bits per heavy atom. The van der Waals surface area contributed by atoms with E-state index in [1.54, 1.807) is 0 Å². The first-order valence-electron chi connectivity index (χ1n) is 9.79. The molecule has 152 valence electrons. The number of nitrogens with two attached hydrogens (primary N) is 1. The summed E-state index contributed by atoms with van der Waals surface area (Å²) in [5, 5.41) is 9.12. The van der Waals surface area contributed by atoms with Crippen LogP contribution in [0.25, 0.3) is 0 Å². The highest BCUT2D eigenvalue weighted by Crippen LogP contribution is 2.27. The summed E-state index contributed by atoms with van der Waals surface area (Å²) in [6.07, 6.45) is 7.82. The quantitative estimate of drug-likeness (QED) is 0.815. The normalized spacial score (nSPS) is 24.8. The fraction of sp³-hybridized carbons (Fsp3) is 0.550. The lowest BCUT2D eigenvalue weighted by atomic mass is 9.92. The number of amides is 1. The molecule has 2 aliphatic rings. The molecule has 1 unspecified atom stereocenters. The Balaban J connectivity index is 0.00000225. The number of hydrogen-bond acceptors (Lipinski definition) is 4. The monoisotopic (exact) mass is 423 g/mol. The molecule has 2 heterocycles. The summed E-state index contributed by atoms with van der Waals surface area (Å²) in [4.78, 5) is 14.7. The molecule has 2 N–H and O–H groups in total. The Bertz CT molecular complexity index is 786. The molecule has 2 aromatic rings. The van der Waals surface area contributed by atoms with Crippen LogP contribution in [0.15, 0.2) is 30.5 Å². The molecule has 28 heavy (non-hydrogen) atoms. The van der Waals surface area contributed by atoms with Gasteiger partial charge in [-0.2, -0.15) is 0 Å². The molecule has 1 amide bonds. The summed E-state index contributed by atoms with van der Waals surface area (Å²) in [5.74, 6) is 0.470. The third kappa shape index (κ3) is 4.85. The first-order chi connectivity index (χ1) is 13.1. The van der Waals surface area contributed by atoms with Crippen molar-refractivity contribution in [3.63, 3.8) is 0 Å². The SMILES string of the molecule is Cl.NC1CCC(n2cc(C(=O)N3CCC(Cc4ccc(Cl)cc4)C3)nn2)CC1. The number of likely N-dealkylation sites (tertiary alicyclic amines) is 1. The van der Waals surface area contributed by atoms with Crippen molar-refractivity contribution < 1.29 is 4.79 Å². The molecular formula is C20H27Cl2N5O. The number of benzene rings is 1. The van der Waals surface area contributed by atoms with Gasteiger partial charge in [0.25, 0.3) is 5.91 Å². The predicted molar refractivity (Wildman–Crippen MR) is 112 cm³/mol. The minimum atomic E-state index is -0.00707. The smallest absolute Gasteiger partial charge is 0.276 e. The number of carbonyl (C=O) groups excluding carboxylic acids is 1. The number of nitrogens with zero attached hydrogens (tertiary/aromatic N) is 4. The fourth-order valence-electron chi connectivity index (χ4n) is 4.22. The van der Waals surface area contributed by atoms with Crippen LogP contribution in [-0.2, 0) is 6.42 Å². The highest BCUT2D eigenvalue weighted by molar-refractivity contribution is 6.30. The molecule has 1 aromatic carbocycles. The van der Waals surface area contributed by atoms with Crippen molar-refractivity contribution in [2.75, 3.05) is 13.1 Å². The molecule has 0 spiro atoms. The van der Waals surface area contributed by atoms with E-state index in [4.69, 9.17) is 17.3 Å². The summed E-state index contributed by atoms with van der Waals surface area (Å²) < 4.78 is 1.86. The topological polar surface area (TPSA) is 77.0 Å². The molecular weight excluding hydrogens is 397 g/mol. The van der Waals surface area contributed by atoms with Crippen molar-refractivity contribution in [2.24, 2.45) is 11.7 Å². The van der Waals surface area contributed by atoms with Gasteiger partial charge in [-0.3, -0.25) is 4.79 Å². The molecule has 4 rings (SSSR count). The minimum absolute atomic E-state index is 0. The Hall–Kier alpha value is -1.63. The van der Waals surface area contributed by atoms with Crippen molar-refractivity contribution >= 4 is 29.9 Å². The Labute approximate surface area is 176 Å². The van der Waals surface area contributed by atoms with Gasteiger partial charge in [0.2, 0.25) is 0 Å². The maximum Gasteiger partial charge on any atom is 0.276 e.